The second-order valence-corrected chi connectivity index (χ2v) is 10.3. The fourth-order valence-electron chi connectivity index (χ4n) is 3.77. The van der Waals surface area contributed by atoms with Crippen LogP contribution in [0.2, 0.25) is 0 Å². The first-order chi connectivity index (χ1) is 15.9. The maximum Gasteiger partial charge on any atom is 0.283 e. The Kier molecular flexibility index (Phi) is 5.51. The van der Waals surface area contributed by atoms with Crippen molar-refractivity contribution in [2.24, 2.45) is 0 Å². The van der Waals surface area contributed by atoms with Crippen molar-refractivity contribution in [1.82, 2.24) is 14.5 Å². The molecule has 33 heavy (non-hydrogen) atoms. The lowest BCUT2D eigenvalue weighted by atomic mass is 10.2. The molecular weight excluding hydrogens is 462 g/mol. The van der Waals surface area contributed by atoms with Gasteiger partial charge in [-0.2, -0.15) is 8.42 Å². The Morgan fingerprint density at radius 2 is 2.09 bits per heavy atom. The minimum Gasteiger partial charge on any atom is -0.494 e. The zero-order valence-electron chi connectivity index (χ0n) is 17.8. The van der Waals surface area contributed by atoms with Gasteiger partial charge in [-0.15, -0.1) is 0 Å². The van der Waals surface area contributed by atoms with Gasteiger partial charge in [-0.25, -0.2) is 9.97 Å². The molecule has 2 aromatic carbocycles. The highest BCUT2D eigenvalue weighted by Crippen LogP contribution is 2.32. The predicted molar refractivity (Wildman–Crippen MR) is 126 cm³/mol. The van der Waals surface area contributed by atoms with Crippen LogP contribution in [0.25, 0.3) is 10.2 Å². The number of imidazole rings is 1. The van der Waals surface area contributed by atoms with Crippen molar-refractivity contribution in [2.45, 2.75) is 24.9 Å². The number of anilines is 2. The van der Waals surface area contributed by atoms with Gasteiger partial charge >= 0.3 is 0 Å². The number of amides is 1. The normalized spacial score (nSPS) is 13.3. The van der Waals surface area contributed by atoms with E-state index < -0.39 is 10.0 Å². The van der Waals surface area contributed by atoms with E-state index in [4.69, 9.17) is 4.74 Å². The molecule has 2 aromatic heterocycles. The maximum absolute atomic E-state index is 13.1. The van der Waals surface area contributed by atoms with Crippen LogP contribution < -0.4 is 14.4 Å². The number of hydrogen-bond donors (Lipinski definition) is 1. The van der Waals surface area contributed by atoms with Crippen molar-refractivity contribution in [3.63, 3.8) is 0 Å². The van der Waals surface area contributed by atoms with E-state index in [0.29, 0.717) is 30.4 Å². The summed E-state index contributed by atoms with van der Waals surface area (Å²) in [7, 11) is -3.80. The van der Waals surface area contributed by atoms with E-state index in [9.17, 15) is 13.2 Å². The molecule has 1 N–H and O–H groups in total. The monoisotopic (exact) mass is 483 g/mol. The first-order valence-electron chi connectivity index (χ1n) is 10.4. The van der Waals surface area contributed by atoms with Crippen LogP contribution in [0.5, 0.6) is 5.75 Å². The van der Waals surface area contributed by atoms with E-state index in [1.807, 2.05) is 43.3 Å². The molecule has 1 aliphatic rings. The first kappa shape index (κ1) is 21.4. The van der Waals surface area contributed by atoms with Crippen LogP contribution in [0.1, 0.15) is 12.5 Å². The van der Waals surface area contributed by atoms with Gasteiger partial charge in [0.1, 0.15) is 12.3 Å². The fourth-order valence-corrected chi connectivity index (χ4v) is 6.12. The molecule has 0 unspecified atom stereocenters. The van der Waals surface area contributed by atoms with E-state index in [0.717, 1.165) is 21.5 Å². The SMILES string of the molecule is CCOc1ccc2nc(NC(=O)Cn3cnc(S(=O)(=O)N4CCc5ccccc54)c3)sc2c1. The molecule has 0 spiro atoms. The van der Waals surface area contributed by atoms with Crippen molar-refractivity contribution < 1.29 is 17.9 Å². The van der Waals surface area contributed by atoms with Gasteiger partial charge in [0.2, 0.25) is 5.91 Å². The van der Waals surface area contributed by atoms with Gasteiger partial charge in [0.15, 0.2) is 10.2 Å². The van der Waals surface area contributed by atoms with Gasteiger partial charge in [0.25, 0.3) is 10.0 Å². The molecule has 5 rings (SSSR count). The molecule has 0 saturated heterocycles. The number of nitrogens with zero attached hydrogens (tertiary/aromatic N) is 4. The third-order valence-electron chi connectivity index (χ3n) is 5.25. The number of nitrogens with one attached hydrogen (secondary N) is 1. The third kappa shape index (κ3) is 4.16. The summed E-state index contributed by atoms with van der Waals surface area (Å²) in [5.74, 6) is 0.422. The lowest BCUT2D eigenvalue weighted by molar-refractivity contribution is -0.116. The average Bonchev–Trinajstić information content (AvgIpc) is 3.51. The molecule has 0 bridgehead atoms. The van der Waals surface area contributed by atoms with Gasteiger partial charge in [-0.1, -0.05) is 29.5 Å². The first-order valence-corrected chi connectivity index (χ1v) is 12.7. The van der Waals surface area contributed by atoms with Gasteiger partial charge in [0.05, 0.1) is 28.8 Å². The Morgan fingerprint density at radius 1 is 1.24 bits per heavy atom. The number of para-hydroxylation sites is 1. The number of hydrogen-bond acceptors (Lipinski definition) is 7. The number of carbonyl (C=O) groups is 1. The summed E-state index contributed by atoms with van der Waals surface area (Å²) in [5, 5.41) is 3.14. The molecule has 1 aliphatic heterocycles. The van der Waals surface area contributed by atoms with Crippen molar-refractivity contribution >= 4 is 48.3 Å². The highest BCUT2D eigenvalue weighted by atomic mass is 32.2. The second-order valence-electron chi connectivity index (χ2n) is 7.47. The summed E-state index contributed by atoms with van der Waals surface area (Å²) in [6.07, 6.45) is 3.39. The molecule has 170 valence electrons. The highest BCUT2D eigenvalue weighted by Gasteiger charge is 2.32. The van der Waals surface area contributed by atoms with E-state index in [1.54, 1.807) is 6.07 Å². The van der Waals surface area contributed by atoms with Crippen LogP contribution in [0.4, 0.5) is 10.8 Å². The summed E-state index contributed by atoms with van der Waals surface area (Å²) in [5.41, 5.74) is 2.43. The number of thiazole rings is 1. The molecule has 0 aliphatic carbocycles. The van der Waals surface area contributed by atoms with Gasteiger partial charge in [-0.3, -0.25) is 9.10 Å². The highest BCUT2D eigenvalue weighted by molar-refractivity contribution is 7.92. The minimum absolute atomic E-state index is 0.0841. The Balaban J connectivity index is 1.28. The number of fused-ring (bicyclic) bond motifs is 2. The summed E-state index contributed by atoms with van der Waals surface area (Å²) < 4.78 is 35.4. The smallest absolute Gasteiger partial charge is 0.283 e. The van der Waals surface area contributed by atoms with Crippen molar-refractivity contribution in [1.29, 1.82) is 0 Å². The topological polar surface area (TPSA) is 106 Å². The van der Waals surface area contributed by atoms with Gasteiger partial charge < -0.3 is 14.6 Å². The number of carbonyl (C=O) groups excluding carboxylic acids is 1. The third-order valence-corrected chi connectivity index (χ3v) is 7.88. The number of benzene rings is 2. The Morgan fingerprint density at radius 3 is 2.94 bits per heavy atom. The molecule has 0 saturated carbocycles. The standard InChI is InChI=1S/C22H21N5O4S2/c1-2-31-16-7-8-17-19(11-16)32-22(24-17)25-20(28)12-26-13-21(23-14-26)33(29,30)27-10-9-15-5-3-4-6-18(15)27/h3-8,11,13-14H,2,9-10,12H2,1H3,(H,24,25,28). The van der Waals surface area contributed by atoms with E-state index >= 15 is 0 Å². The summed E-state index contributed by atoms with van der Waals surface area (Å²) in [6.45, 7) is 2.77. The quantitative estimate of drug-likeness (QED) is 0.432. The van der Waals surface area contributed by atoms with Crippen molar-refractivity contribution in [3.8, 4) is 5.75 Å². The van der Waals surface area contributed by atoms with Gasteiger partial charge in [-0.05, 0) is 43.2 Å². The van der Waals surface area contributed by atoms with E-state index in [1.165, 1.54) is 32.7 Å². The predicted octanol–water partition coefficient (Wildman–Crippen LogP) is 3.28. The number of rotatable bonds is 7. The van der Waals surface area contributed by atoms with Crippen LogP contribution in [0.15, 0.2) is 60.0 Å². The molecule has 0 fully saturated rings. The van der Waals surface area contributed by atoms with Crippen molar-refractivity contribution in [2.75, 3.05) is 22.8 Å². The molecule has 0 atom stereocenters. The summed E-state index contributed by atoms with van der Waals surface area (Å²) >= 11 is 1.35. The lowest BCUT2D eigenvalue weighted by Crippen LogP contribution is -2.29. The van der Waals surface area contributed by atoms with Gasteiger partial charge in [0, 0.05) is 12.7 Å². The average molecular weight is 484 g/mol. The van der Waals surface area contributed by atoms with Crippen molar-refractivity contribution in [3.05, 3.63) is 60.6 Å². The van der Waals surface area contributed by atoms with Crippen LogP contribution in [0, 0.1) is 0 Å². The number of aromatic nitrogens is 3. The zero-order chi connectivity index (χ0) is 23.0. The molecule has 9 nitrogen and oxygen atoms in total. The minimum atomic E-state index is -3.80. The molecular formula is C22H21N5O4S2. The molecule has 0 radical (unpaired) electrons. The molecule has 11 heteroatoms. The summed E-state index contributed by atoms with van der Waals surface area (Å²) in [6, 6.07) is 13.0. The van der Waals surface area contributed by atoms with Crippen LogP contribution in [-0.4, -0.2) is 42.0 Å². The van der Waals surface area contributed by atoms with E-state index in [2.05, 4.69) is 15.3 Å². The molecule has 1 amide bonds. The largest absolute Gasteiger partial charge is 0.494 e. The number of ether oxygens (including phenoxy) is 1. The van der Waals surface area contributed by atoms with Crippen LogP contribution in [-0.2, 0) is 27.8 Å². The Hall–Kier alpha value is -3.44. The maximum atomic E-state index is 13.1. The Labute approximate surface area is 194 Å². The lowest BCUT2D eigenvalue weighted by Gasteiger charge is -2.17. The number of sulfonamides is 1. The Bertz CT molecular complexity index is 1440. The van der Waals surface area contributed by atoms with E-state index in [-0.39, 0.29) is 17.5 Å². The van der Waals surface area contributed by atoms with Crippen LogP contribution in [0.3, 0.4) is 0 Å². The zero-order valence-corrected chi connectivity index (χ0v) is 19.4. The summed E-state index contributed by atoms with van der Waals surface area (Å²) in [4.78, 5) is 21.0. The fraction of sp³-hybridized carbons (Fsp3) is 0.227. The molecule has 4 aromatic rings. The molecule has 3 heterocycles. The van der Waals surface area contributed by atoms with Crippen LogP contribution >= 0.6 is 11.3 Å². The second kappa shape index (κ2) is 8.49.